The van der Waals surface area contributed by atoms with Crippen molar-refractivity contribution in [3.63, 3.8) is 0 Å². The van der Waals surface area contributed by atoms with E-state index in [0.29, 0.717) is 0 Å². The summed E-state index contributed by atoms with van der Waals surface area (Å²) in [6, 6.07) is 2.66. The van der Waals surface area contributed by atoms with E-state index >= 15 is 0 Å². The normalized spacial score (nSPS) is 11.9. The van der Waals surface area contributed by atoms with E-state index in [9.17, 15) is 29.4 Å². The monoisotopic (exact) mass is 389 g/mol. The first kappa shape index (κ1) is 26.6. The Labute approximate surface area is 220 Å². The molecule has 1 aromatic rings. The van der Waals surface area contributed by atoms with Gasteiger partial charge >= 0.3 is 115 Å². The van der Waals surface area contributed by atoms with Crippen molar-refractivity contribution in [2.75, 3.05) is 0 Å². The first-order chi connectivity index (χ1) is 10.3. The maximum absolute atomic E-state index is 11.5. The fourth-order valence-electron chi connectivity index (χ4n) is 1.46. The van der Waals surface area contributed by atoms with Gasteiger partial charge in [0.2, 0.25) is 0 Å². The average Bonchev–Trinajstić information content (AvgIpc) is 2.46. The molecule has 1 heterocycles. The van der Waals surface area contributed by atoms with Crippen LogP contribution in [0.25, 0.3) is 0 Å². The van der Waals surface area contributed by atoms with Gasteiger partial charge in [0, 0.05) is 24.8 Å². The number of hydrogen-bond acceptors (Lipinski definition) is 10. The van der Waals surface area contributed by atoms with Gasteiger partial charge in [-0.15, -0.1) is 0 Å². The van der Waals surface area contributed by atoms with Crippen molar-refractivity contribution in [3.05, 3.63) is 30.1 Å². The van der Waals surface area contributed by atoms with Crippen LogP contribution in [0.5, 0.6) is 0 Å². The van der Waals surface area contributed by atoms with E-state index in [1.165, 1.54) is 18.3 Å². The van der Waals surface area contributed by atoms with Crippen LogP contribution in [0.4, 0.5) is 0 Å². The molecule has 1 unspecified atom stereocenters. The van der Waals surface area contributed by atoms with Gasteiger partial charge in [-0.3, -0.25) is 15.0 Å². The molecule has 24 heavy (non-hydrogen) atoms. The summed E-state index contributed by atoms with van der Waals surface area (Å²) in [5.41, 5.74) is -3.02. The van der Waals surface area contributed by atoms with Crippen molar-refractivity contribution in [1.82, 2.24) is 4.98 Å². The molecule has 12 heteroatoms. The quantitative estimate of drug-likeness (QED) is 0.155. The predicted octanol–water partition coefficient (Wildman–Crippen LogP) is -8.72. The Morgan fingerprint density at radius 3 is 2.21 bits per heavy atom. The summed E-state index contributed by atoms with van der Waals surface area (Å²) in [7, 11) is 0. The molecule has 1 rings (SSSR count). The molecule has 1 aromatic heterocycles. The predicted molar refractivity (Wildman–Crippen MR) is 60.4 cm³/mol. The van der Waals surface area contributed by atoms with E-state index in [0.717, 1.165) is 6.20 Å². The fraction of sp³-hybridized carbons (Fsp3) is 0.250. The van der Waals surface area contributed by atoms with Crippen LogP contribution in [0.2, 0.25) is 0 Å². The number of pyridine rings is 1. The molecular weight excluding hydrogens is 380 g/mol. The Hall–Kier alpha value is 0.423. The Kier molecular flexibility index (Phi) is 14.1. The number of carbonyl (C=O) groups is 4. The molecule has 10 nitrogen and oxygen atoms in total. The van der Waals surface area contributed by atoms with Crippen molar-refractivity contribution < 1.29 is 147 Å². The minimum absolute atomic E-state index is 0. The Morgan fingerprint density at radius 1 is 1.17 bits per heavy atom. The molecule has 0 aliphatic heterocycles. The number of rotatable bonds is 7. The zero-order valence-electron chi connectivity index (χ0n) is 12.9. The summed E-state index contributed by atoms with van der Waals surface area (Å²) in [6.45, 7) is 0. The van der Waals surface area contributed by atoms with Gasteiger partial charge in [-0.25, -0.2) is 9.68 Å². The van der Waals surface area contributed by atoms with Crippen LogP contribution in [0.3, 0.4) is 0 Å². The maximum Gasteiger partial charge on any atom is 1.00 e. The fourth-order valence-corrected chi connectivity index (χ4v) is 1.46. The molecule has 118 valence electrons. The van der Waals surface area contributed by atoms with Gasteiger partial charge < -0.3 is 24.5 Å². The molecule has 0 aromatic carbocycles. The summed E-state index contributed by atoms with van der Waals surface area (Å²) < 4.78 is 4.31. The molecule has 0 aliphatic rings. The van der Waals surface area contributed by atoms with E-state index in [-0.39, 0.29) is 108 Å². The van der Waals surface area contributed by atoms with Crippen molar-refractivity contribution in [1.29, 1.82) is 0 Å². The van der Waals surface area contributed by atoms with Crippen molar-refractivity contribution in [2.45, 2.75) is 18.4 Å². The number of carboxylic acids is 2. The molecule has 0 bridgehead atoms. The number of hydrogen-bond donors (Lipinski definition) is 1. The van der Waals surface area contributed by atoms with Gasteiger partial charge in [-0.05, 0) is 12.1 Å². The largest absolute Gasteiger partial charge is 1.00 e. The SMILES string of the molecule is O=C([O-])CC(CC(=O)OC(=O)c1cccnc1)(OO)C(=O)[O-].[K+].[K+]. The number of carbonyl (C=O) groups excluding carboxylic acids is 4. The van der Waals surface area contributed by atoms with Crippen LogP contribution in [0.1, 0.15) is 23.2 Å². The third-order valence-electron chi connectivity index (χ3n) is 2.51. The van der Waals surface area contributed by atoms with E-state index in [1.54, 1.807) is 0 Å². The molecule has 0 amide bonds. The Bertz CT molecular complexity index is 595. The van der Waals surface area contributed by atoms with Crippen LogP contribution >= 0.6 is 0 Å². The molecule has 0 saturated carbocycles. The molecule has 1 atom stereocenters. The number of ether oxygens (including phenoxy) is 1. The van der Waals surface area contributed by atoms with Crippen molar-refractivity contribution in [2.24, 2.45) is 0 Å². The minimum atomic E-state index is -2.93. The van der Waals surface area contributed by atoms with Crippen LogP contribution in [-0.2, 0) is 24.0 Å². The summed E-state index contributed by atoms with van der Waals surface area (Å²) in [4.78, 5) is 51.6. The molecule has 1 N–H and O–H groups in total. The average molecular weight is 389 g/mol. The van der Waals surface area contributed by atoms with Crippen LogP contribution in [-0.4, -0.2) is 39.7 Å². The Balaban J connectivity index is 0. The maximum atomic E-state index is 11.5. The number of aromatic nitrogens is 1. The van der Waals surface area contributed by atoms with E-state index in [1.807, 2.05) is 0 Å². The van der Waals surface area contributed by atoms with Gasteiger partial charge in [0.15, 0.2) is 5.60 Å². The third kappa shape index (κ3) is 8.20. The smallest absolute Gasteiger partial charge is 0.550 e. The summed E-state index contributed by atoms with van der Waals surface area (Å²) in [5.74, 6) is -6.71. The van der Waals surface area contributed by atoms with Crippen molar-refractivity contribution in [3.8, 4) is 0 Å². The summed E-state index contributed by atoms with van der Waals surface area (Å²) in [5, 5.41) is 30.0. The van der Waals surface area contributed by atoms with Crippen LogP contribution in [0, 0.1) is 0 Å². The zero-order chi connectivity index (χ0) is 16.8. The number of esters is 2. The zero-order valence-corrected chi connectivity index (χ0v) is 19.1. The number of nitrogens with zero attached hydrogens (tertiary/aromatic N) is 1. The van der Waals surface area contributed by atoms with Crippen molar-refractivity contribution >= 4 is 23.9 Å². The second-order valence-corrected chi connectivity index (χ2v) is 4.10. The second-order valence-electron chi connectivity index (χ2n) is 4.10. The summed E-state index contributed by atoms with van der Waals surface area (Å²) in [6.07, 6.45) is -0.224. The molecule has 0 aliphatic carbocycles. The van der Waals surface area contributed by atoms with E-state index in [4.69, 9.17) is 5.26 Å². The van der Waals surface area contributed by atoms with Crippen LogP contribution in [0.15, 0.2) is 24.5 Å². The molecule has 0 spiro atoms. The summed E-state index contributed by atoms with van der Waals surface area (Å²) >= 11 is 0. The van der Waals surface area contributed by atoms with Gasteiger partial charge in [0.25, 0.3) is 0 Å². The van der Waals surface area contributed by atoms with Gasteiger partial charge in [0.1, 0.15) is 0 Å². The first-order valence-corrected chi connectivity index (χ1v) is 5.69. The molecule has 0 saturated heterocycles. The number of carboxylic acid groups (broad SMARTS) is 2. The standard InChI is InChI=1S/C12H11NO9.2K/c14-8(15)4-12(22-20,11(18)19)5-9(16)21-10(17)7-2-1-3-13-6-7;;/h1-3,6,20H,4-5H2,(H,14,15)(H,18,19);;/q;2*+1/p-2. The van der Waals surface area contributed by atoms with Gasteiger partial charge in [-0.2, -0.15) is 0 Å². The third-order valence-corrected chi connectivity index (χ3v) is 2.51. The first-order valence-electron chi connectivity index (χ1n) is 5.69. The molecular formula is C12H9K2NO9. The van der Waals surface area contributed by atoms with E-state index in [2.05, 4.69) is 14.6 Å². The van der Waals surface area contributed by atoms with Crippen LogP contribution < -0.4 is 113 Å². The minimum Gasteiger partial charge on any atom is -0.550 e. The second kappa shape index (κ2) is 12.7. The van der Waals surface area contributed by atoms with Gasteiger partial charge in [-0.1, -0.05) is 0 Å². The van der Waals surface area contributed by atoms with Gasteiger partial charge in [0.05, 0.1) is 18.0 Å². The number of aliphatic carboxylic acids is 2. The Morgan fingerprint density at radius 2 is 1.79 bits per heavy atom. The topological polar surface area (TPSA) is 166 Å². The molecule has 0 radical (unpaired) electrons. The molecule has 0 fully saturated rings. The van der Waals surface area contributed by atoms with E-state index < -0.39 is 42.3 Å².